The summed E-state index contributed by atoms with van der Waals surface area (Å²) in [5.41, 5.74) is 0. The van der Waals surface area contributed by atoms with Gasteiger partial charge in [-0.25, -0.2) is 0 Å². The summed E-state index contributed by atoms with van der Waals surface area (Å²) >= 11 is 1.41. The van der Waals surface area contributed by atoms with Gasteiger partial charge >= 0.3 is 0 Å². The van der Waals surface area contributed by atoms with Gasteiger partial charge in [-0.3, -0.25) is 9.59 Å². The van der Waals surface area contributed by atoms with Crippen LogP contribution in [0.5, 0.6) is 0 Å². The summed E-state index contributed by atoms with van der Waals surface area (Å²) in [5.74, 6) is 0.821. The SMILES string of the molecule is CNCCSc1nnc(C(=O)[C@H](CC(C)C)N(C=O)C2CCCCC2)o1. The zero-order valence-electron chi connectivity index (χ0n) is 15.9. The first-order valence-electron chi connectivity index (χ1n) is 9.44. The Bertz CT molecular complexity index is 573. The van der Waals surface area contributed by atoms with Gasteiger partial charge in [-0.1, -0.05) is 44.9 Å². The number of thioether (sulfide) groups is 1. The van der Waals surface area contributed by atoms with Crippen LogP contribution in [0, 0.1) is 5.92 Å². The zero-order valence-corrected chi connectivity index (χ0v) is 16.8. The summed E-state index contributed by atoms with van der Waals surface area (Å²) in [6.07, 6.45) is 6.74. The Morgan fingerprint density at radius 3 is 2.69 bits per heavy atom. The minimum absolute atomic E-state index is 0.00488. The van der Waals surface area contributed by atoms with Gasteiger partial charge in [0.05, 0.1) is 0 Å². The largest absolute Gasteiger partial charge is 0.408 e. The molecule has 7 nitrogen and oxygen atoms in total. The molecular weight excluding hydrogens is 352 g/mol. The maximum absolute atomic E-state index is 13.0. The highest BCUT2D eigenvalue weighted by atomic mass is 32.2. The third-order valence-corrected chi connectivity index (χ3v) is 5.49. The van der Waals surface area contributed by atoms with Crippen LogP contribution in [0.4, 0.5) is 0 Å². The minimum atomic E-state index is -0.536. The van der Waals surface area contributed by atoms with Gasteiger partial charge in [-0.05, 0) is 32.2 Å². The first-order chi connectivity index (χ1) is 12.6. The lowest BCUT2D eigenvalue weighted by Gasteiger charge is -2.36. The molecule has 2 rings (SSSR count). The number of ketones is 1. The average Bonchev–Trinajstić information content (AvgIpc) is 3.11. The summed E-state index contributed by atoms with van der Waals surface area (Å²) in [6, 6.07) is -0.410. The Morgan fingerprint density at radius 2 is 2.08 bits per heavy atom. The molecule has 1 aliphatic carbocycles. The Kier molecular flexibility index (Phi) is 8.58. The average molecular weight is 383 g/mol. The van der Waals surface area contributed by atoms with E-state index in [9.17, 15) is 9.59 Å². The highest BCUT2D eigenvalue weighted by Crippen LogP contribution is 2.27. The topological polar surface area (TPSA) is 88.3 Å². The number of carbonyl (C=O) groups excluding carboxylic acids is 2. The normalized spacial score (nSPS) is 16.6. The van der Waals surface area contributed by atoms with E-state index in [4.69, 9.17) is 4.42 Å². The van der Waals surface area contributed by atoms with E-state index < -0.39 is 6.04 Å². The number of Topliss-reactive ketones (excluding diaryl/α,β-unsaturated/α-hetero) is 1. The van der Waals surface area contributed by atoms with Gasteiger partial charge < -0.3 is 14.6 Å². The van der Waals surface area contributed by atoms with Crippen molar-refractivity contribution in [2.45, 2.75) is 69.7 Å². The van der Waals surface area contributed by atoms with Crippen molar-refractivity contribution in [1.82, 2.24) is 20.4 Å². The third kappa shape index (κ3) is 5.81. The number of rotatable bonds is 11. The Balaban J connectivity index is 2.13. The van der Waals surface area contributed by atoms with Crippen molar-refractivity contribution in [3.63, 3.8) is 0 Å². The van der Waals surface area contributed by atoms with Crippen LogP contribution < -0.4 is 5.32 Å². The van der Waals surface area contributed by atoms with Crippen LogP contribution in [0.2, 0.25) is 0 Å². The molecule has 1 amide bonds. The van der Waals surface area contributed by atoms with Crippen LogP contribution in [0.1, 0.15) is 63.1 Å². The van der Waals surface area contributed by atoms with E-state index in [1.807, 2.05) is 7.05 Å². The second-order valence-electron chi connectivity index (χ2n) is 7.18. The molecule has 1 aliphatic rings. The molecule has 0 aromatic carbocycles. The van der Waals surface area contributed by atoms with Gasteiger partial charge in [0, 0.05) is 18.3 Å². The lowest BCUT2D eigenvalue weighted by molar-refractivity contribution is -0.122. The van der Waals surface area contributed by atoms with Gasteiger partial charge in [-0.2, -0.15) is 0 Å². The van der Waals surface area contributed by atoms with E-state index >= 15 is 0 Å². The molecule has 0 aliphatic heterocycles. The van der Waals surface area contributed by atoms with Crippen LogP contribution in [0.25, 0.3) is 0 Å². The lowest BCUT2D eigenvalue weighted by Crippen LogP contribution is -2.48. The number of nitrogens with zero attached hydrogens (tertiary/aromatic N) is 3. The second kappa shape index (κ2) is 10.7. The predicted molar refractivity (Wildman–Crippen MR) is 101 cm³/mol. The van der Waals surface area contributed by atoms with Crippen molar-refractivity contribution in [2.24, 2.45) is 5.92 Å². The summed E-state index contributed by atoms with van der Waals surface area (Å²) in [6.45, 7) is 4.92. The number of hydrogen-bond donors (Lipinski definition) is 1. The molecule has 0 unspecified atom stereocenters. The van der Waals surface area contributed by atoms with E-state index in [0.29, 0.717) is 11.6 Å². The van der Waals surface area contributed by atoms with E-state index in [1.165, 1.54) is 18.2 Å². The number of aromatic nitrogens is 2. The van der Waals surface area contributed by atoms with Crippen LogP contribution >= 0.6 is 11.8 Å². The van der Waals surface area contributed by atoms with Gasteiger partial charge in [0.2, 0.25) is 12.2 Å². The van der Waals surface area contributed by atoms with Crippen molar-refractivity contribution >= 4 is 24.0 Å². The Hall–Kier alpha value is -1.41. The highest BCUT2D eigenvalue weighted by Gasteiger charge is 2.35. The van der Waals surface area contributed by atoms with Crippen molar-refractivity contribution in [2.75, 3.05) is 19.3 Å². The fraction of sp³-hybridized carbons (Fsp3) is 0.778. The smallest absolute Gasteiger partial charge is 0.286 e. The van der Waals surface area contributed by atoms with E-state index in [1.54, 1.807) is 4.90 Å². The molecule has 8 heteroatoms. The first-order valence-corrected chi connectivity index (χ1v) is 10.4. The number of amides is 1. The van der Waals surface area contributed by atoms with E-state index in [-0.39, 0.29) is 23.6 Å². The number of nitrogens with one attached hydrogen (secondary N) is 1. The van der Waals surface area contributed by atoms with Crippen molar-refractivity contribution in [1.29, 1.82) is 0 Å². The molecule has 26 heavy (non-hydrogen) atoms. The zero-order chi connectivity index (χ0) is 18.9. The number of carbonyl (C=O) groups is 2. The fourth-order valence-corrected chi connectivity index (χ4v) is 4.07. The maximum atomic E-state index is 13.0. The maximum Gasteiger partial charge on any atom is 0.286 e. The van der Waals surface area contributed by atoms with Crippen molar-refractivity contribution in [3.05, 3.63) is 5.89 Å². The predicted octanol–water partition coefficient (Wildman–Crippen LogP) is 2.77. The lowest BCUT2D eigenvalue weighted by atomic mass is 9.91. The van der Waals surface area contributed by atoms with Crippen LogP contribution in [-0.4, -0.2) is 58.7 Å². The van der Waals surface area contributed by atoms with Crippen molar-refractivity contribution < 1.29 is 14.0 Å². The van der Waals surface area contributed by atoms with Gasteiger partial charge in [0.15, 0.2) is 0 Å². The quantitative estimate of drug-likeness (QED) is 0.272. The molecule has 1 aromatic heterocycles. The third-order valence-electron chi connectivity index (χ3n) is 4.67. The summed E-state index contributed by atoms with van der Waals surface area (Å²) in [7, 11) is 1.87. The van der Waals surface area contributed by atoms with Crippen molar-refractivity contribution in [3.8, 4) is 0 Å². The van der Waals surface area contributed by atoms with E-state index in [0.717, 1.165) is 44.4 Å². The monoisotopic (exact) mass is 382 g/mol. The molecule has 0 radical (unpaired) electrons. The standard InChI is InChI=1S/C18H30N4O3S/c1-13(2)11-15(22(12-23)14-7-5-4-6-8-14)16(24)17-20-21-18(25-17)26-10-9-19-3/h12-15,19H,4-11H2,1-3H3/t15-/m0/s1. The van der Waals surface area contributed by atoms with Gasteiger partial charge in [0.25, 0.3) is 11.1 Å². The molecule has 146 valence electrons. The van der Waals surface area contributed by atoms with Gasteiger partial charge in [-0.15, -0.1) is 10.2 Å². The van der Waals surface area contributed by atoms with E-state index in [2.05, 4.69) is 29.4 Å². The van der Waals surface area contributed by atoms with Gasteiger partial charge in [0.1, 0.15) is 6.04 Å². The molecule has 1 atom stereocenters. The van der Waals surface area contributed by atoms with Crippen LogP contribution in [-0.2, 0) is 4.79 Å². The molecule has 1 aromatic rings. The second-order valence-corrected chi connectivity index (χ2v) is 8.23. The Labute approximate surface area is 159 Å². The summed E-state index contributed by atoms with van der Waals surface area (Å²) in [4.78, 5) is 26.6. The first kappa shape index (κ1) is 20.9. The molecule has 1 heterocycles. The number of hydrogen-bond acceptors (Lipinski definition) is 7. The molecule has 0 spiro atoms. The Morgan fingerprint density at radius 1 is 1.35 bits per heavy atom. The fourth-order valence-electron chi connectivity index (χ4n) is 3.35. The molecule has 0 saturated heterocycles. The minimum Gasteiger partial charge on any atom is -0.408 e. The molecule has 1 N–H and O–H groups in total. The molecule has 0 bridgehead atoms. The van der Waals surface area contributed by atoms with Crippen LogP contribution in [0.3, 0.4) is 0 Å². The highest BCUT2D eigenvalue weighted by molar-refractivity contribution is 7.99. The summed E-state index contributed by atoms with van der Waals surface area (Å²) < 4.78 is 5.56. The molecular formula is C18H30N4O3S. The summed E-state index contributed by atoms with van der Waals surface area (Å²) in [5, 5.41) is 11.3. The molecule has 1 saturated carbocycles. The van der Waals surface area contributed by atoms with Crippen LogP contribution in [0.15, 0.2) is 9.64 Å². The molecule has 1 fully saturated rings.